The van der Waals surface area contributed by atoms with Crippen LogP contribution in [0.4, 0.5) is 5.69 Å². The molecule has 3 aromatic rings. The molecule has 0 spiro atoms. The minimum atomic E-state index is -0.521. The molecule has 2 heterocycles. The van der Waals surface area contributed by atoms with Gasteiger partial charge in [0.2, 0.25) is 5.13 Å². The van der Waals surface area contributed by atoms with Crippen molar-refractivity contribution in [3.8, 4) is 5.13 Å². The number of nitro benzene ring substituents is 1. The maximum absolute atomic E-state index is 12.1. The highest BCUT2D eigenvalue weighted by atomic mass is 32.1. The molecule has 0 saturated carbocycles. The molecule has 8 nitrogen and oxygen atoms in total. The van der Waals surface area contributed by atoms with Crippen LogP contribution in [-0.2, 0) is 6.42 Å². The van der Waals surface area contributed by atoms with Crippen LogP contribution >= 0.6 is 11.3 Å². The van der Waals surface area contributed by atoms with Crippen molar-refractivity contribution in [2.24, 2.45) is 0 Å². The Morgan fingerprint density at radius 3 is 2.85 bits per heavy atom. The van der Waals surface area contributed by atoms with Crippen molar-refractivity contribution >= 4 is 22.9 Å². The normalized spacial score (nSPS) is 10.7. The minimum Gasteiger partial charge on any atom is -0.352 e. The molecule has 2 aromatic heterocycles. The Labute approximate surface area is 153 Å². The highest BCUT2D eigenvalue weighted by Crippen LogP contribution is 2.17. The van der Waals surface area contributed by atoms with Gasteiger partial charge in [0.1, 0.15) is 0 Å². The number of carbonyl (C=O) groups is 1. The summed E-state index contributed by atoms with van der Waals surface area (Å²) >= 11 is 1.49. The quantitative estimate of drug-likeness (QED) is 0.530. The summed E-state index contributed by atoms with van der Waals surface area (Å²) in [6.45, 7) is 4.30. The second-order valence-corrected chi connectivity index (χ2v) is 6.61. The predicted octanol–water partition coefficient (Wildman–Crippen LogP) is 2.83. The van der Waals surface area contributed by atoms with Crippen LogP contribution < -0.4 is 5.32 Å². The van der Waals surface area contributed by atoms with E-state index in [1.165, 1.54) is 29.5 Å². The molecule has 0 aliphatic rings. The highest BCUT2D eigenvalue weighted by molar-refractivity contribution is 7.12. The maximum Gasteiger partial charge on any atom is 0.270 e. The second kappa shape index (κ2) is 7.44. The fourth-order valence-corrected chi connectivity index (χ4v) is 3.36. The van der Waals surface area contributed by atoms with Gasteiger partial charge in [0.25, 0.3) is 11.6 Å². The van der Waals surface area contributed by atoms with E-state index in [9.17, 15) is 14.9 Å². The molecule has 0 radical (unpaired) electrons. The lowest BCUT2D eigenvalue weighted by Crippen LogP contribution is -2.25. The molecular formula is C17H17N5O3S. The van der Waals surface area contributed by atoms with Crippen LogP contribution in [0.2, 0.25) is 0 Å². The van der Waals surface area contributed by atoms with Crippen LogP contribution in [0.15, 0.2) is 35.7 Å². The molecule has 0 bridgehead atoms. The summed E-state index contributed by atoms with van der Waals surface area (Å²) in [5.74, 6) is -0.345. The number of carbonyl (C=O) groups excluding carboxylic acids is 1. The smallest absolute Gasteiger partial charge is 0.270 e. The molecule has 3 rings (SSSR count). The summed E-state index contributed by atoms with van der Waals surface area (Å²) < 4.78 is 1.80. The van der Waals surface area contributed by atoms with Crippen molar-refractivity contribution in [3.63, 3.8) is 0 Å². The largest absolute Gasteiger partial charge is 0.352 e. The number of nitrogens with zero attached hydrogens (tertiary/aromatic N) is 4. The van der Waals surface area contributed by atoms with Crippen molar-refractivity contribution in [1.82, 2.24) is 20.1 Å². The van der Waals surface area contributed by atoms with Crippen LogP contribution in [-0.4, -0.2) is 32.1 Å². The Balaban J connectivity index is 1.58. The van der Waals surface area contributed by atoms with Crippen LogP contribution in [0.25, 0.3) is 5.13 Å². The molecule has 1 N–H and O–H groups in total. The van der Waals surface area contributed by atoms with E-state index >= 15 is 0 Å². The van der Waals surface area contributed by atoms with Gasteiger partial charge in [-0.05, 0) is 26.0 Å². The molecule has 0 fully saturated rings. The molecule has 0 saturated heterocycles. The summed E-state index contributed by atoms with van der Waals surface area (Å²) in [5, 5.41) is 20.7. The number of hydrogen-bond acceptors (Lipinski definition) is 6. The molecular weight excluding hydrogens is 354 g/mol. The molecule has 0 aliphatic carbocycles. The van der Waals surface area contributed by atoms with Gasteiger partial charge in [0.15, 0.2) is 0 Å². The second-order valence-electron chi connectivity index (χ2n) is 5.77. The fourth-order valence-electron chi connectivity index (χ4n) is 2.50. The number of amides is 1. The first-order chi connectivity index (χ1) is 12.4. The van der Waals surface area contributed by atoms with Gasteiger partial charge in [-0.15, -0.1) is 11.3 Å². The first-order valence-corrected chi connectivity index (χ1v) is 8.82. The van der Waals surface area contributed by atoms with Gasteiger partial charge in [-0.1, -0.05) is 6.07 Å². The summed E-state index contributed by atoms with van der Waals surface area (Å²) in [7, 11) is 0. The van der Waals surface area contributed by atoms with E-state index in [1.807, 2.05) is 25.3 Å². The van der Waals surface area contributed by atoms with Gasteiger partial charge in [-0.2, -0.15) is 5.10 Å². The Bertz CT molecular complexity index is 963. The summed E-state index contributed by atoms with van der Waals surface area (Å²) in [6.07, 6.45) is 0.566. The number of aryl methyl sites for hydroxylation is 2. The molecule has 0 aliphatic heterocycles. The van der Waals surface area contributed by atoms with Crippen LogP contribution in [0.3, 0.4) is 0 Å². The molecule has 9 heteroatoms. The predicted molar refractivity (Wildman–Crippen MR) is 97.8 cm³/mol. The zero-order chi connectivity index (χ0) is 18.7. The van der Waals surface area contributed by atoms with Gasteiger partial charge in [-0.25, -0.2) is 9.67 Å². The molecule has 0 unspecified atom stereocenters. The Morgan fingerprint density at radius 2 is 2.15 bits per heavy atom. The van der Waals surface area contributed by atoms with Gasteiger partial charge < -0.3 is 5.32 Å². The molecule has 1 aromatic carbocycles. The Kier molecular flexibility index (Phi) is 5.08. The molecule has 134 valence electrons. The van der Waals surface area contributed by atoms with E-state index in [2.05, 4.69) is 15.4 Å². The lowest BCUT2D eigenvalue weighted by Gasteiger charge is -2.04. The van der Waals surface area contributed by atoms with Crippen molar-refractivity contribution in [3.05, 3.63) is 68.5 Å². The highest BCUT2D eigenvalue weighted by Gasteiger charge is 2.12. The number of nitrogens with one attached hydrogen (secondary N) is 1. The van der Waals surface area contributed by atoms with E-state index in [4.69, 9.17) is 0 Å². The van der Waals surface area contributed by atoms with Crippen molar-refractivity contribution < 1.29 is 9.72 Å². The molecule has 0 atom stereocenters. The summed E-state index contributed by atoms with van der Waals surface area (Å²) in [5.41, 5.74) is 2.97. The van der Waals surface area contributed by atoms with E-state index in [0.29, 0.717) is 13.0 Å². The zero-order valence-corrected chi connectivity index (χ0v) is 15.1. The maximum atomic E-state index is 12.1. The first-order valence-electron chi connectivity index (χ1n) is 7.95. The Morgan fingerprint density at radius 1 is 1.35 bits per heavy atom. The monoisotopic (exact) mass is 371 g/mol. The topological polar surface area (TPSA) is 103 Å². The van der Waals surface area contributed by atoms with Crippen LogP contribution in [0.5, 0.6) is 0 Å². The lowest BCUT2D eigenvalue weighted by molar-refractivity contribution is -0.384. The van der Waals surface area contributed by atoms with Crippen LogP contribution in [0.1, 0.15) is 27.4 Å². The van der Waals surface area contributed by atoms with Gasteiger partial charge in [0.05, 0.1) is 16.3 Å². The SMILES string of the molecule is Cc1cc(C)n(-c2nc(CCNC(=O)c3cccc([N+](=O)[O-])c3)cs2)n1. The lowest BCUT2D eigenvalue weighted by atomic mass is 10.2. The number of hydrogen-bond donors (Lipinski definition) is 1. The third-order valence-electron chi connectivity index (χ3n) is 3.72. The molecule has 1 amide bonds. The van der Waals surface area contributed by atoms with Crippen LogP contribution in [0, 0.1) is 24.0 Å². The third kappa shape index (κ3) is 3.94. The number of rotatable bonds is 6. The number of benzene rings is 1. The first kappa shape index (κ1) is 17.7. The van der Waals surface area contributed by atoms with E-state index in [-0.39, 0.29) is 17.2 Å². The summed E-state index contributed by atoms with van der Waals surface area (Å²) in [6, 6.07) is 7.65. The zero-order valence-electron chi connectivity index (χ0n) is 14.3. The number of nitro groups is 1. The van der Waals surface area contributed by atoms with Crippen molar-refractivity contribution in [1.29, 1.82) is 0 Å². The standard InChI is InChI=1S/C17H17N5O3S/c1-11-8-12(2)21(20-11)17-19-14(10-26-17)6-7-18-16(23)13-4-3-5-15(9-13)22(24)25/h3-5,8-10H,6-7H2,1-2H3,(H,18,23). The van der Waals surface area contributed by atoms with E-state index in [0.717, 1.165) is 22.2 Å². The fraction of sp³-hybridized carbons (Fsp3) is 0.235. The van der Waals surface area contributed by atoms with Gasteiger partial charge >= 0.3 is 0 Å². The van der Waals surface area contributed by atoms with Crippen molar-refractivity contribution in [2.75, 3.05) is 6.54 Å². The Hall–Kier alpha value is -3.07. The van der Waals surface area contributed by atoms with Gasteiger partial charge in [0, 0.05) is 41.7 Å². The van der Waals surface area contributed by atoms with E-state index in [1.54, 1.807) is 10.7 Å². The van der Waals surface area contributed by atoms with E-state index < -0.39 is 4.92 Å². The number of thiazole rings is 1. The molecule has 26 heavy (non-hydrogen) atoms. The minimum absolute atomic E-state index is 0.105. The number of non-ortho nitro benzene ring substituents is 1. The average molecular weight is 371 g/mol. The van der Waals surface area contributed by atoms with Crippen molar-refractivity contribution in [2.45, 2.75) is 20.3 Å². The third-order valence-corrected chi connectivity index (χ3v) is 4.58. The van der Waals surface area contributed by atoms with Gasteiger partial charge in [-0.3, -0.25) is 14.9 Å². The average Bonchev–Trinajstić information content (AvgIpc) is 3.20. The summed E-state index contributed by atoms with van der Waals surface area (Å²) in [4.78, 5) is 26.9. The number of aromatic nitrogens is 3.